The van der Waals surface area contributed by atoms with Crippen LogP contribution in [0.15, 0.2) is 82.7 Å². The molecule has 0 N–H and O–H groups in total. The normalized spacial score (nSPS) is 20.0. The molecule has 11 heteroatoms. The van der Waals surface area contributed by atoms with Gasteiger partial charge in [0.2, 0.25) is 5.91 Å². The molecule has 1 aromatic heterocycles. The molecule has 1 aliphatic rings. The van der Waals surface area contributed by atoms with Crippen molar-refractivity contribution in [1.29, 1.82) is 0 Å². The molecule has 1 unspecified atom stereocenters. The highest BCUT2D eigenvalue weighted by Gasteiger charge is 2.30. The number of thioether (sulfide) groups is 1. The van der Waals surface area contributed by atoms with Gasteiger partial charge in [0.25, 0.3) is 5.56 Å². The quantitative estimate of drug-likeness (QED) is 0.0814. The number of fused-ring (bicyclic) bond motifs is 1. The van der Waals surface area contributed by atoms with E-state index in [4.69, 9.17) is 11.0 Å². The van der Waals surface area contributed by atoms with E-state index in [0.717, 1.165) is 69.3 Å². The molecule has 1 aliphatic carbocycles. The minimum absolute atomic E-state index is 0.0507. The standard InChI is InChI=1S/C37H40F4N4O2S/c1-4-43(5-2)21-22-44(25(3)27-11-13-28(14-12-27)29-15-17-30(18-16-29)37(39,40)41)34(46)23-45-33-8-6-7-32(33)35(47)42-36(45)48-24-26-9-19-31(38)20-10-26/h9-20,25H,4-8,21-24H2,1-3H3/i4D2,5D2,21D2,22D2,23D2,24D2,25D. The molecule has 0 spiro atoms. The lowest BCUT2D eigenvalue weighted by molar-refractivity contribution is -0.137. The monoisotopic (exact) mass is 693 g/mol. The molecule has 5 rings (SSSR count). The summed E-state index contributed by atoms with van der Waals surface area (Å²) >= 11 is 0.165. The van der Waals surface area contributed by atoms with Crippen molar-refractivity contribution in [3.63, 3.8) is 0 Å². The van der Waals surface area contributed by atoms with Crippen LogP contribution in [0.3, 0.4) is 0 Å². The van der Waals surface area contributed by atoms with Crippen LogP contribution in [0.25, 0.3) is 11.1 Å². The van der Waals surface area contributed by atoms with Crippen LogP contribution in [-0.2, 0) is 36.0 Å². The number of carbonyl (C=O) groups excluding carboxylic acids is 1. The number of amides is 1. The number of hydrogen-bond acceptors (Lipinski definition) is 5. The van der Waals surface area contributed by atoms with E-state index < -0.39 is 78.4 Å². The van der Waals surface area contributed by atoms with Gasteiger partial charge in [0, 0.05) is 40.9 Å². The van der Waals surface area contributed by atoms with Gasteiger partial charge in [-0.25, -0.2) is 4.39 Å². The number of rotatable bonds is 13. The first kappa shape index (κ1) is 21.9. The number of alkyl halides is 3. The maximum atomic E-state index is 15.2. The van der Waals surface area contributed by atoms with E-state index in [1.807, 2.05) is 0 Å². The zero-order valence-corrected chi connectivity index (χ0v) is 26.9. The first-order valence-electron chi connectivity index (χ1n) is 21.2. The van der Waals surface area contributed by atoms with Crippen molar-refractivity contribution < 1.29 is 40.2 Å². The van der Waals surface area contributed by atoms with Gasteiger partial charge < -0.3 is 14.4 Å². The van der Waals surface area contributed by atoms with Crippen LogP contribution in [0.2, 0.25) is 0 Å². The molecule has 0 bridgehead atoms. The van der Waals surface area contributed by atoms with E-state index in [-0.39, 0.29) is 74.3 Å². The molecular formula is C37H40F4N4O2S. The Balaban J connectivity index is 1.73. The van der Waals surface area contributed by atoms with Crippen LogP contribution in [-0.4, -0.2) is 51.2 Å². The lowest BCUT2D eigenvalue weighted by atomic mass is 9.99. The molecular weight excluding hydrogens is 640 g/mol. The molecule has 0 aliphatic heterocycles. The Morgan fingerprint density at radius 1 is 0.979 bits per heavy atom. The highest BCUT2D eigenvalue weighted by Crippen LogP contribution is 2.32. The minimum atomic E-state index is -4.62. The van der Waals surface area contributed by atoms with Crippen molar-refractivity contribution in [2.75, 3.05) is 26.0 Å². The Hall–Kier alpha value is -3.96. The van der Waals surface area contributed by atoms with E-state index in [0.29, 0.717) is 4.57 Å². The molecule has 3 aromatic carbocycles. The van der Waals surface area contributed by atoms with Crippen LogP contribution < -0.4 is 5.56 Å². The number of aromatic nitrogens is 2. The number of likely N-dealkylation sites (N-methyl/N-ethyl adjacent to an activating group) is 1. The summed E-state index contributed by atoms with van der Waals surface area (Å²) in [5.41, 5.74) is -4.47. The molecule has 1 heterocycles. The van der Waals surface area contributed by atoms with Crippen LogP contribution >= 0.6 is 11.8 Å². The summed E-state index contributed by atoms with van der Waals surface area (Å²) in [6.45, 7) is -15.3. The number of carbonyl (C=O) groups is 1. The fourth-order valence-electron chi connectivity index (χ4n) is 4.97. The van der Waals surface area contributed by atoms with E-state index in [1.54, 1.807) is 0 Å². The Bertz CT molecular complexity index is 2320. The van der Waals surface area contributed by atoms with Gasteiger partial charge in [0.1, 0.15) is 12.3 Å². The van der Waals surface area contributed by atoms with E-state index in [9.17, 15) is 29.2 Å². The average Bonchev–Trinajstić information content (AvgIpc) is 3.60. The second kappa shape index (κ2) is 15.5. The predicted molar refractivity (Wildman–Crippen MR) is 181 cm³/mol. The van der Waals surface area contributed by atoms with E-state index >= 15 is 4.79 Å². The van der Waals surface area contributed by atoms with Crippen molar-refractivity contribution in [3.8, 4) is 11.1 Å². The lowest BCUT2D eigenvalue weighted by Gasteiger charge is -2.33. The maximum absolute atomic E-state index is 15.2. The topological polar surface area (TPSA) is 58.4 Å². The van der Waals surface area contributed by atoms with Crippen LogP contribution in [0, 0.1) is 5.82 Å². The third-order valence-corrected chi connectivity index (χ3v) is 8.32. The average molecular weight is 694 g/mol. The van der Waals surface area contributed by atoms with Crippen molar-refractivity contribution >= 4 is 17.7 Å². The van der Waals surface area contributed by atoms with Gasteiger partial charge in [0.05, 0.1) is 18.4 Å². The first-order chi connectivity index (χ1) is 27.7. The zero-order valence-electron chi connectivity index (χ0n) is 39.1. The van der Waals surface area contributed by atoms with Crippen LogP contribution in [0.1, 0.15) is 79.0 Å². The largest absolute Gasteiger partial charge is 0.416 e. The molecule has 0 fully saturated rings. The zero-order chi connectivity index (χ0) is 46.1. The molecule has 254 valence electrons. The fourth-order valence-corrected chi connectivity index (χ4v) is 5.69. The van der Waals surface area contributed by atoms with Gasteiger partial charge in [-0.1, -0.05) is 74.1 Å². The number of halogens is 4. The van der Waals surface area contributed by atoms with Crippen molar-refractivity contribution in [2.24, 2.45) is 0 Å². The van der Waals surface area contributed by atoms with Gasteiger partial charge in [-0.3, -0.25) is 9.59 Å². The summed E-state index contributed by atoms with van der Waals surface area (Å²) in [6, 6.07) is 10.2. The second-order valence-electron chi connectivity index (χ2n) is 10.5. The molecule has 0 radical (unpaired) electrons. The Kier molecular flexibility index (Phi) is 7.07. The minimum Gasteiger partial charge on any atom is -0.333 e. The second-order valence-corrected chi connectivity index (χ2v) is 11.3. The highest BCUT2D eigenvalue weighted by atomic mass is 32.2. The molecule has 4 aromatic rings. The van der Waals surface area contributed by atoms with Crippen molar-refractivity contribution in [2.45, 2.75) is 69.6 Å². The number of benzene rings is 3. The van der Waals surface area contributed by atoms with Gasteiger partial charge in [-0.2, -0.15) is 18.2 Å². The lowest BCUT2D eigenvalue weighted by Crippen LogP contribution is -2.42. The van der Waals surface area contributed by atoms with Gasteiger partial charge in [0.15, 0.2) is 5.16 Å². The number of nitrogens with zero attached hydrogens (tertiary/aromatic N) is 4. The summed E-state index contributed by atoms with van der Waals surface area (Å²) in [6.07, 6.45) is -4.38. The highest BCUT2D eigenvalue weighted by molar-refractivity contribution is 7.98. The number of hydrogen-bond donors (Lipinski definition) is 0. The summed E-state index contributed by atoms with van der Waals surface area (Å²) in [5, 5.41) is -0.731. The third kappa shape index (κ3) is 8.36. The molecule has 6 nitrogen and oxygen atoms in total. The molecule has 1 atom stereocenters. The summed E-state index contributed by atoms with van der Waals surface area (Å²) < 4.78 is 170. The Morgan fingerprint density at radius 3 is 2.21 bits per heavy atom. The summed E-state index contributed by atoms with van der Waals surface area (Å²) in [4.78, 5) is 32.1. The molecule has 0 saturated carbocycles. The maximum Gasteiger partial charge on any atom is 0.416 e. The molecule has 0 saturated heterocycles. The van der Waals surface area contributed by atoms with Crippen molar-refractivity contribution in [1.82, 2.24) is 19.4 Å². The predicted octanol–water partition coefficient (Wildman–Crippen LogP) is 7.78. The fraction of sp³-hybridized carbons (Fsp3) is 0.378. The van der Waals surface area contributed by atoms with Crippen molar-refractivity contribution in [3.05, 3.63) is 117 Å². The van der Waals surface area contributed by atoms with E-state index in [2.05, 4.69) is 4.98 Å². The van der Waals surface area contributed by atoms with Gasteiger partial charge in [-0.05, 0) is 85.7 Å². The van der Waals surface area contributed by atoms with E-state index in [1.165, 1.54) is 24.3 Å². The SMILES string of the molecule is [2H]C([2H])(Sc1nc(=O)c2c(n1C([2H])([2H])C(=O)N(C([2H])(C)c1ccc(-c3ccc(C(F)(F)F)cc3)cc1)C([2H])([2H])C([2H])([2H])N(C([2H])([2H])C)C([2H])([2H])C)CCC2)c1ccc(F)cc1. The molecule has 1 amide bonds. The van der Waals surface area contributed by atoms with Crippen LogP contribution in [0.5, 0.6) is 0 Å². The first-order valence-corrected chi connectivity index (χ1v) is 15.5. The Morgan fingerprint density at radius 2 is 1.60 bits per heavy atom. The van der Waals surface area contributed by atoms with Gasteiger partial charge in [-0.15, -0.1) is 0 Å². The van der Waals surface area contributed by atoms with Crippen LogP contribution in [0.4, 0.5) is 17.6 Å². The third-order valence-electron chi connectivity index (χ3n) is 7.52. The Labute approximate surface area is 301 Å². The summed E-state index contributed by atoms with van der Waals surface area (Å²) in [5.74, 6) is -2.71. The summed E-state index contributed by atoms with van der Waals surface area (Å²) in [7, 11) is 0. The molecule has 48 heavy (non-hydrogen) atoms. The smallest absolute Gasteiger partial charge is 0.333 e. The van der Waals surface area contributed by atoms with Gasteiger partial charge >= 0.3 is 6.18 Å².